The van der Waals surface area contributed by atoms with Crippen molar-refractivity contribution in [1.82, 2.24) is 0 Å². The highest BCUT2D eigenvalue weighted by Crippen LogP contribution is 2.36. The smallest absolute Gasteiger partial charge is 0.416 e. The van der Waals surface area contributed by atoms with E-state index < -0.39 is 17.6 Å². The van der Waals surface area contributed by atoms with Gasteiger partial charge in [-0.15, -0.1) is 0 Å². The molecule has 0 aliphatic heterocycles. The van der Waals surface area contributed by atoms with Crippen LogP contribution in [0.15, 0.2) is 30.3 Å². The first-order valence-corrected chi connectivity index (χ1v) is 7.65. The lowest BCUT2D eigenvalue weighted by atomic mass is 10.1. The average Bonchev–Trinajstić information content (AvgIpc) is 2.52. The molecule has 2 rings (SSSR count). The number of anilines is 1. The van der Waals surface area contributed by atoms with Crippen molar-refractivity contribution in [2.45, 2.75) is 20.0 Å². The quantitative estimate of drug-likeness (QED) is 0.790. The minimum Gasteiger partial charge on any atom is -0.503 e. The highest BCUT2D eigenvalue weighted by atomic mass is 35.5. The Morgan fingerprint density at radius 2 is 1.96 bits per heavy atom. The number of ether oxygens (including phenoxy) is 1. The largest absolute Gasteiger partial charge is 0.503 e. The van der Waals surface area contributed by atoms with Crippen LogP contribution in [-0.4, -0.2) is 17.6 Å². The molecule has 1 amide bonds. The maximum absolute atomic E-state index is 12.9. The Bertz CT molecular complexity index is 806. The van der Waals surface area contributed by atoms with E-state index in [0.717, 1.165) is 6.07 Å². The van der Waals surface area contributed by atoms with Crippen molar-refractivity contribution < 1.29 is 27.8 Å². The average molecular weight is 374 g/mol. The summed E-state index contributed by atoms with van der Waals surface area (Å²) in [6.07, 6.45) is -4.52. The fourth-order valence-corrected chi connectivity index (χ4v) is 2.39. The third-order valence-corrected chi connectivity index (χ3v) is 3.68. The van der Waals surface area contributed by atoms with Gasteiger partial charge in [0.1, 0.15) is 0 Å². The van der Waals surface area contributed by atoms with Gasteiger partial charge in [-0.05, 0) is 43.7 Å². The zero-order valence-electron chi connectivity index (χ0n) is 13.4. The number of aromatic hydroxyl groups is 1. The maximum Gasteiger partial charge on any atom is 0.416 e. The summed E-state index contributed by atoms with van der Waals surface area (Å²) in [6, 6.07) is 5.97. The van der Waals surface area contributed by atoms with E-state index in [4.69, 9.17) is 16.3 Å². The van der Waals surface area contributed by atoms with Crippen molar-refractivity contribution in [2.75, 3.05) is 11.9 Å². The second kappa shape index (κ2) is 7.23. The summed E-state index contributed by atoms with van der Waals surface area (Å²) >= 11 is 5.85. The zero-order valence-corrected chi connectivity index (χ0v) is 14.1. The van der Waals surface area contributed by atoms with Crippen LogP contribution in [0.4, 0.5) is 18.9 Å². The first-order chi connectivity index (χ1) is 11.6. The number of alkyl halides is 3. The first kappa shape index (κ1) is 18.9. The van der Waals surface area contributed by atoms with Gasteiger partial charge in [0.05, 0.1) is 17.2 Å². The molecule has 0 spiro atoms. The Kier molecular flexibility index (Phi) is 5.47. The SMILES string of the molecule is CCOc1cc(C(=O)Nc2ccc(C)c(C(F)(F)F)c2)cc(Cl)c1O. The predicted molar refractivity (Wildman–Crippen MR) is 88.4 cm³/mol. The van der Waals surface area contributed by atoms with E-state index >= 15 is 0 Å². The van der Waals surface area contributed by atoms with Crippen molar-refractivity contribution in [2.24, 2.45) is 0 Å². The standard InChI is InChI=1S/C17H15ClF3NO3/c1-3-25-14-7-10(6-13(18)15(14)23)16(24)22-11-5-4-9(2)12(8-11)17(19,20)21/h4-8,23H,3H2,1-2H3,(H,22,24). The van der Waals surface area contributed by atoms with Crippen LogP contribution < -0.4 is 10.1 Å². The molecule has 0 bridgehead atoms. The van der Waals surface area contributed by atoms with Gasteiger partial charge >= 0.3 is 6.18 Å². The second-order valence-corrected chi connectivity index (χ2v) is 5.63. The number of hydrogen-bond acceptors (Lipinski definition) is 3. The van der Waals surface area contributed by atoms with Crippen molar-refractivity contribution in [3.63, 3.8) is 0 Å². The molecule has 0 unspecified atom stereocenters. The molecule has 2 N–H and O–H groups in total. The van der Waals surface area contributed by atoms with Gasteiger partial charge in [0, 0.05) is 11.3 Å². The number of phenolic OH excluding ortho intramolecular Hbond substituents is 1. The van der Waals surface area contributed by atoms with Gasteiger partial charge < -0.3 is 15.2 Å². The molecule has 0 fully saturated rings. The lowest BCUT2D eigenvalue weighted by Crippen LogP contribution is -2.14. The van der Waals surface area contributed by atoms with Gasteiger partial charge in [0.2, 0.25) is 0 Å². The van der Waals surface area contributed by atoms with Crippen LogP contribution in [0.3, 0.4) is 0 Å². The maximum atomic E-state index is 12.9. The molecule has 0 aliphatic carbocycles. The van der Waals surface area contributed by atoms with Crippen molar-refractivity contribution in [1.29, 1.82) is 0 Å². The molecule has 4 nitrogen and oxygen atoms in total. The van der Waals surface area contributed by atoms with E-state index in [0.29, 0.717) is 0 Å². The monoisotopic (exact) mass is 373 g/mol. The lowest BCUT2D eigenvalue weighted by Gasteiger charge is -2.13. The fourth-order valence-electron chi connectivity index (χ4n) is 2.18. The first-order valence-electron chi connectivity index (χ1n) is 7.28. The molecule has 0 atom stereocenters. The summed E-state index contributed by atoms with van der Waals surface area (Å²) in [5.74, 6) is -0.977. The number of carbonyl (C=O) groups is 1. The molecule has 0 aliphatic rings. The fraction of sp³-hybridized carbons (Fsp3) is 0.235. The Hall–Kier alpha value is -2.41. The van der Waals surface area contributed by atoms with Crippen LogP contribution in [-0.2, 0) is 6.18 Å². The topological polar surface area (TPSA) is 58.6 Å². The number of hydrogen-bond donors (Lipinski definition) is 2. The van der Waals surface area contributed by atoms with E-state index in [2.05, 4.69) is 5.32 Å². The number of halogens is 4. The van der Waals surface area contributed by atoms with Crippen LogP contribution in [0.5, 0.6) is 11.5 Å². The molecule has 8 heteroatoms. The van der Waals surface area contributed by atoms with Gasteiger partial charge in [-0.2, -0.15) is 13.2 Å². The minimum atomic E-state index is -4.52. The number of phenols is 1. The van der Waals surface area contributed by atoms with Crippen molar-refractivity contribution >= 4 is 23.2 Å². The number of rotatable bonds is 4. The van der Waals surface area contributed by atoms with E-state index in [1.54, 1.807) is 6.92 Å². The number of nitrogens with one attached hydrogen (secondary N) is 1. The molecule has 2 aromatic carbocycles. The summed E-state index contributed by atoms with van der Waals surface area (Å²) in [6.45, 7) is 3.26. The van der Waals surface area contributed by atoms with Gasteiger partial charge in [-0.1, -0.05) is 17.7 Å². The van der Waals surface area contributed by atoms with Gasteiger partial charge in [-0.3, -0.25) is 4.79 Å². The third-order valence-electron chi connectivity index (χ3n) is 3.39. The molecule has 0 saturated heterocycles. The predicted octanol–water partition coefficient (Wildman–Crippen LogP) is 5.02. The summed E-state index contributed by atoms with van der Waals surface area (Å²) in [7, 11) is 0. The van der Waals surface area contributed by atoms with Crippen LogP contribution in [0.2, 0.25) is 5.02 Å². The number of carbonyl (C=O) groups excluding carboxylic acids is 1. The molecular formula is C17H15ClF3NO3. The second-order valence-electron chi connectivity index (χ2n) is 5.22. The number of aryl methyl sites for hydroxylation is 1. The number of amides is 1. The van der Waals surface area contributed by atoms with Crippen LogP contribution in [0.25, 0.3) is 0 Å². The van der Waals surface area contributed by atoms with Crippen LogP contribution >= 0.6 is 11.6 Å². The summed E-state index contributed by atoms with van der Waals surface area (Å²) in [5, 5.41) is 12.0. The minimum absolute atomic E-state index is 0.00918. The van der Waals surface area contributed by atoms with Crippen LogP contribution in [0, 0.1) is 6.92 Å². The summed E-state index contributed by atoms with van der Waals surface area (Å²) in [4.78, 5) is 12.3. The molecule has 25 heavy (non-hydrogen) atoms. The highest BCUT2D eigenvalue weighted by Gasteiger charge is 2.32. The van der Waals surface area contributed by atoms with Gasteiger partial charge in [0.25, 0.3) is 5.91 Å². The molecule has 0 heterocycles. The molecule has 0 saturated carbocycles. The summed E-state index contributed by atoms with van der Waals surface area (Å²) in [5.41, 5.74) is -0.744. The van der Waals surface area contributed by atoms with E-state index in [-0.39, 0.29) is 39.9 Å². The Morgan fingerprint density at radius 3 is 2.56 bits per heavy atom. The van der Waals surface area contributed by atoms with Gasteiger partial charge in [-0.25, -0.2) is 0 Å². The van der Waals surface area contributed by atoms with Crippen molar-refractivity contribution in [3.05, 3.63) is 52.0 Å². The Labute approximate surface area is 147 Å². The van der Waals surface area contributed by atoms with Crippen molar-refractivity contribution in [3.8, 4) is 11.5 Å². The summed E-state index contributed by atoms with van der Waals surface area (Å²) < 4.78 is 44.0. The van der Waals surface area contributed by atoms with Crippen LogP contribution in [0.1, 0.15) is 28.4 Å². The molecular weight excluding hydrogens is 359 g/mol. The third kappa shape index (κ3) is 4.36. The molecule has 0 radical (unpaired) electrons. The van der Waals surface area contributed by atoms with Gasteiger partial charge in [0.15, 0.2) is 11.5 Å². The van der Waals surface area contributed by atoms with E-state index in [1.807, 2.05) is 0 Å². The van der Waals surface area contributed by atoms with E-state index in [1.165, 1.54) is 31.2 Å². The Morgan fingerprint density at radius 1 is 1.28 bits per heavy atom. The molecule has 2 aromatic rings. The Balaban J connectivity index is 2.32. The molecule has 134 valence electrons. The highest BCUT2D eigenvalue weighted by molar-refractivity contribution is 6.32. The molecule has 0 aromatic heterocycles. The zero-order chi connectivity index (χ0) is 18.8. The van der Waals surface area contributed by atoms with E-state index in [9.17, 15) is 23.1 Å². The normalized spacial score (nSPS) is 11.3. The number of benzene rings is 2. The lowest BCUT2D eigenvalue weighted by molar-refractivity contribution is -0.138.